The Kier molecular flexibility index (Phi) is 5.75. The van der Waals surface area contributed by atoms with Gasteiger partial charge >= 0.3 is 0 Å². The van der Waals surface area contributed by atoms with Crippen LogP contribution in [0.25, 0.3) is 0 Å². The lowest BCUT2D eigenvalue weighted by atomic mass is 9.95. The number of likely N-dealkylation sites (tertiary alicyclic amines) is 1. The van der Waals surface area contributed by atoms with Gasteiger partial charge in [-0.05, 0) is 37.7 Å². The second-order valence-corrected chi connectivity index (χ2v) is 7.89. The summed E-state index contributed by atoms with van der Waals surface area (Å²) < 4.78 is 6.00. The molecular formula is C21H32N4O. The minimum Gasteiger partial charge on any atom is -0.373 e. The molecule has 1 aromatic carbocycles. The quantitative estimate of drug-likeness (QED) is 0.629. The van der Waals surface area contributed by atoms with Crippen molar-refractivity contribution in [3.05, 3.63) is 35.9 Å². The summed E-state index contributed by atoms with van der Waals surface area (Å²) in [6.45, 7) is 4.20. The van der Waals surface area contributed by atoms with Crippen LogP contribution < -0.4 is 10.6 Å². The standard InChI is InChI=1S/C21H32N4O/c1-22-21(24-18-9-12-25(13-10-18)19-7-8-19)23-15-17-11-14-26-20(17)16-5-3-2-4-6-16/h2-6,17-20H,7-15H2,1H3,(H2,22,23,24). The second kappa shape index (κ2) is 8.40. The molecule has 1 aliphatic carbocycles. The Bertz CT molecular complexity index is 593. The highest BCUT2D eigenvalue weighted by Gasteiger charge is 2.32. The maximum absolute atomic E-state index is 6.00. The first-order chi connectivity index (χ1) is 12.8. The molecule has 2 saturated heterocycles. The molecule has 2 unspecified atom stereocenters. The van der Waals surface area contributed by atoms with E-state index >= 15 is 0 Å². The van der Waals surface area contributed by atoms with Gasteiger partial charge in [0.05, 0.1) is 6.10 Å². The zero-order valence-corrected chi connectivity index (χ0v) is 15.9. The molecule has 1 aromatic rings. The maximum atomic E-state index is 6.00. The normalized spacial score (nSPS) is 28.3. The third-order valence-electron chi connectivity index (χ3n) is 6.03. The third kappa shape index (κ3) is 4.38. The smallest absolute Gasteiger partial charge is 0.191 e. The number of hydrogen-bond acceptors (Lipinski definition) is 3. The predicted octanol–water partition coefficient (Wildman–Crippen LogP) is 2.56. The fourth-order valence-electron chi connectivity index (χ4n) is 4.32. The fourth-order valence-corrected chi connectivity index (χ4v) is 4.32. The summed E-state index contributed by atoms with van der Waals surface area (Å²) in [6, 6.07) is 12.0. The Morgan fingerprint density at radius 1 is 1.12 bits per heavy atom. The van der Waals surface area contributed by atoms with Crippen LogP contribution in [0.15, 0.2) is 35.3 Å². The summed E-state index contributed by atoms with van der Waals surface area (Å²) in [4.78, 5) is 7.11. The number of nitrogens with zero attached hydrogens (tertiary/aromatic N) is 2. The van der Waals surface area contributed by atoms with Crippen molar-refractivity contribution < 1.29 is 4.74 Å². The number of piperidine rings is 1. The zero-order chi connectivity index (χ0) is 17.8. The van der Waals surface area contributed by atoms with Crippen LogP contribution in [0.3, 0.4) is 0 Å². The summed E-state index contributed by atoms with van der Waals surface area (Å²) >= 11 is 0. The van der Waals surface area contributed by atoms with E-state index in [1.807, 2.05) is 7.05 Å². The van der Waals surface area contributed by atoms with E-state index in [4.69, 9.17) is 4.74 Å². The molecule has 2 heterocycles. The number of aliphatic imine (C=N–C) groups is 1. The molecule has 0 aromatic heterocycles. The summed E-state index contributed by atoms with van der Waals surface area (Å²) in [5.41, 5.74) is 1.28. The van der Waals surface area contributed by atoms with E-state index in [1.165, 1.54) is 44.3 Å². The monoisotopic (exact) mass is 356 g/mol. The Morgan fingerprint density at radius 3 is 2.58 bits per heavy atom. The first-order valence-corrected chi connectivity index (χ1v) is 10.2. The Balaban J connectivity index is 1.25. The number of guanidine groups is 1. The molecule has 2 aliphatic heterocycles. The number of nitrogens with one attached hydrogen (secondary N) is 2. The Morgan fingerprint density at radius 2 is 1.88 bits per heavy atom. The van der Waals surface area contributed by atoms with Gasteiger partial charge in [-0.3, -0.25) is 4.99 Å². The highest BCUT2D eigenvalue weighted by atomic mass is 16.5. The Labute approximate surface area is 157 Å². The highest BCUT2D eigenvalue weighted by Crippen LogP contribution is 2.34. The minimum atomic E-state index is 0.198. The van der Waals surface area contributed by atoms with Crippen molar-refractivity contribution in [2.24, 2.45) is 10.9 Å². The molecule has 1 saturated carbocycles. The van der Waals surface area contributed by atoms with Crippen molar-refractivity contribution in [1.82, 2.24) is 15.5 Å². The van der Waals surface area contributed by atoms with Gasteiger partial charge < -0.3 is 20.3 Å². The van der Waals surface area contributed by atoms with E-state index in [2.05, 4.69) is 50.9 Å². The van der Waals surface area contributed by atoms with Gasteiger partial charge in [0.2, 0.25) is 0 Å². The molecule has 5 nitrogen and oxygen atoms in total. The first-order valence-electron chi connectivity index (χ1n) is 10.2. The molecule has 0 radical (unpaired) electrons. The van der Waals surface area contributed by atoms with Crippen LogP contribution in [0.2, 0.25) is 0 Å². The lowest BCUT2D eigenvalue weighted by Gasteiger charge is -2.33. The van der Waals surface area contributed by atoms with Crippen LogP contribution in [0.4, 0.5) is 0 Å². The van der Waals surface area contributed by atoms with Crippen molar-refractivity contribution in [3.63, 3.8) is 0 Å². The maximum Gasteiger partial charge on any atom is 0.191 e. The number of hydrogen-bond donors (Lipinski definition) is 2. The van der Waals surface area contributed by atoms with Gasteiger partial charge in [-0.15, -0.1) is 0 Å². The van der Waals surface area contributed by atoms with Crippen LogP contribution in [0.1, 0.15) is 43.8 Å². The second-order valence-electron chi connectivity index (χ2n) is 7.89. The van der Waals surface area contributed by atoms with Crippen LogP contribution in [-0.2, 0) is 4.74 Å². The molecule has 0 amide bonds. The predicted molar refractivity (Wildman–Crippen MR) is 105 cm³/mol. The largest absolute Gasteiger partial charge is 0.373 e. The summed E-state index contributed by atoms with van der Waals surface area (Å²) in [5.74, 6) is 1.43. The molecule has 2 N–H and O–H groups in total. The van der Waals surface area contributed by atoms with Gasteiger partial charge in [0, 0.05) is 51.3 Å². The van der Waals surface area contributed by atoms with E-state index in [0.717, 1.165) is 31.6 Å². The van der Waals surface area contributed by atoms with Crippen LogP contribution in [-0.4, -0.2) is 56.2 Å². The van der Waals surface area contributed by atoms with Gasteiger partial charge in [-0.2, -0.15) is 0 Å². The molecule has 3 fully saturated rings. The SMILES string of the molecule is CN=C(NCC1CCOC1c1ccccc1)NC1CCN(C2CC2)CC1. The number of rotatable bonds is 5. The lowest BCUT2D eigenvalue weighted by molar-refractivity contribution is 0.0915. The summed E-state index contributed by atoms with van der Waals surface area (Å²) in [5, 5.41) is 7.19. The van der Waals surface area contributed by atoms with Gasteiger partial charge in [0.15, 0.2) is 5.96 Å². The van der Waals surface area contributed by atoms with Crippen molar-refractivity contribution in [3.8, 4) is 0 Å². The molecule has 0 spiro atoms. The highest BCUT2D eigenvalue weighted by molar-refractivity contribution is 5.80. The van der Waals surface area contributed by atoms with Crippen molar-refractivity contribution in [2.75, 3.05) is 33.3 Å². The van der Waals surface area contributed by atoms with Gasteiger partial charge in [0.1, 0.15) is 0 Å². The van der Waals surface area contributed by atoms with Gasteiger partial charge in [0.25, 0.3) is 0 Å². The lowest BCUT2D eigenvalue weighted by Crippen LogP contribution is -2.49. The Hall–Kier alpha value is -1.59. The van der Waals surface area contributed by atoms with E-state index in [-0.39, 0.29) is 6.10 Å². The van der Waals surface area contributed by atoms with Gasteiger partial charge in [-0.1, -0.05) is 30.3 Å². The summed E-state index contributed by atoms with van der Waals surface area (Å²) in [6.07, 6.45) is 6.56. The summed E-state index contributed by atoms with van der Waals surface area (Å²) in [7, 11) is 1.87. The van der Waals surface area contributed by atoms with Gasteiger partial charge in [-0.25, -0.2) is 0 Å². The van der Waals surface area contributed by atoms with Crippen molar-refractivity contribution in [1.29, 1.82) is 0 Å². The zero-order valence-electron chi connectivity index (χ0n) is 15.9. The third-order valence-corrected chi connectivity index (χ3v) is 6.03. The molecule has 5 heteroatoms. The average Bonchev–Trinajstić information content (AvgIpc) is 3.44. The minimum absolute atomic E-state index is 0.198. The number of ether oxygens (including phenoxy) is 1. The molecule has 26 heavy (non-hydrogen) atoms. The van der Waals surface area contributed by atoms with Crippen LogP contribution >= 0.6 is 0 Å². The molecule has 4 rings (SSSR count). The average molecular weight is 357 g/mol. The van der Waals surface area contributed by atoms with E-state index in [1.54, 1.807) is 0 Å². The molecule has 142 valence electrons. The fraction of sp³-hybridized carbons (Fsp3) is 0.667. The first kappa shape index (κ1) is 17.8. The van der Waals surface area contributed by atoms with Crippen molar-refractivity contribution >= 4 is 5.96 Å². The van der Waals surface area contributed by atoms with Crippen molar-refractivity contribution in [2.45, 2.75) is 50.3 Å². The van der Waals surface area contributed by atoms with E-state index < -0.39 is 0 Å². The molecular weight excluding hydrogens is 324 g/mol. The molecule has 0 bridgehead atoms. The molecule has 3 aliphatic rings. The van der Waals surface area contributed by atoms with E-state index in [0.29, 0.717) is 12.0 Å². The number of benzene rings is 1. The topological polar surface area (TPSA) is 48.9 Å². The van der Waals surface area contributed by atoms with E-state index in [9.17, 15) is 0 Å². The van der Waals surface area contributed by atoms with Crippen LogP contribution in [0, 0.1) is 5.92 Å². The van der Waals surface area contributed by atoms with Crippen LogP contribution in [0.5, 0.6) is 0 Å². The molecule has 2 atom stereocenters.